The van der Waals surface area contributed by atoms with Crippen molar-refractivity contribution in [3.63, 3.8) is 0 Å². The van der Waals surface area contributed by atoms with E-state index >= 15 is 0 Å². The van der Waals surface area contributed by atoms with E-state index in [0.29, 0.717) is 0 Å². The van der Waals surface area contributed by atoms with E-state index in [0.717, 1.165) is 4.90 Å². The molecule has 20 heavy (non-hydrogen) atoms. The Labute approximate surface area is 125 Å². The number of aliphatic hydroxyl groups excluding tert-OH is 1. The summed E-state index contributed by atoms with van der Waals surface area (Å²) >= 11 is 0. The Bertz CT molecular complexity index is 334. The van der Waals surface area contributed by atoms with Crippen molar-refractivity contribution in [3.05, 3.63) is 0 Å². The van der Waals surface area contributed by atoms with Crippen LogP contribution in [-0.2, 0) is 31.5 Å². The number of carboxylic acids is 3. The van der Waals surface area contributed by atoms with E-state index < -0.39 is 56.0 Å². The molecule has 0 aromatic carbocycles. The second-order valence-electron chi connectivity index (χ2n) is 4.04. The average Bonchev–Trinajstić information content (AvgIpc) is 2.25. The van der Waals surface area contributed by atoms with Gasteiger partial charge in [0.1, 0.15) is 0 Å². The molecule has 10 heteroatoms. The van der Waals surface area contributed by atoms with E-state index in [2.05, 4.69) is 0 Å². The van der Waals surface area contributed by atoms with Crippen molar-refractivity contribution < 1.29 is 51.9 Å². The molecule has 0 spiro atoms. The molecule has 0 unspecified atom stereocenters. The standard InChI is InChI=1S/C10H18N2O7.Fe/c11-6-10(3-7(14)15,4-8(16)17)12(1-2-13)5-9(18)19;/h13H,1-6,11H2,(H,14,15)(H,16,17)(H,18,19);/q;+3/p-3. The van der Waals surface area contributed by atoms with Gasteiger partial charge in [-0.15, -0.1) is 0 Å². The Morgan fingerprint density at radius 2 is 1.50 bits per heavy atom. The number of hydrogen-bond donors (Lipinski definition) is 2. The number of hydrogen-bond acceptors (Lipinski definition) is 9. The summed E-state index contributed by atoms with van der Waals surface area (Å²) in [7, 11) is 0. The van der Waals surface area contributed by atoms with Crippen molar-refractivity contribution in [2.24, 2.45) is 5.73 Å². The molecule has 0 aliphatic rings. The van der Waals surface area contributed by atoms with Crippen LogP contribution >= 0.6 is 0 Å². The molecular formula is C10H15FeN2O7. The molecule has 9 nitrogen and oxygen atoms in total. The van der Waals surface area contributed by atoms with Gasteiger partial charge in [0.25, 0.3) is 0 Å². The normalized spacial score (nSPS) is 10.9. The number of β-amino-alcohol motifs (C(OH)–C–C–N with tert-alkyl or cyclic N) is 1. The van der Waals surface area contributed by atoms with Crippen LogP contribution in [-0.4, -0.2) is 59.7 Å². The maximum atomic E-state index is 10.7. The molecule has 0 aromatic heterocycles. The van der Waals surface area contributed by atoms with Gasteiger partial charge in [0, 0.05) is 50.0 Å². The summed E-state index contributed by atoms with van der Waals surface area (Å²) in [4.78, 5) is 33.0. The molecule has 0 atom stereocenters. The van der Waals surface area contributed by atoms with E-state index in [4.69, 9.17) is 10.8 Å². The smallest absolute Gasteiger partial charge is 0.550 e. The number of aliphatic hydroxyl groups is 1. The Hall–Kier alpha value is -1.19. The van der Waals surface area contributed by atoms with Crippen LogP contribution < -0.4 is 21.1 Å². The van der Waals surface area contributed by atoms with Gasteiger partial charge in [-0.2, -0.15) is 0 Å². The van der Waals surface area contributed by atoms with Crippen molar-refractivity contribution in [2.75, 3.05) is 26.2 Å². The Balaban J connectivity index is 0. The number of carbonyl (C=O) groups excluding carboxylic acids is 3. The first kappa shape index (κ1) is 21.1. The molecule has 1 radical (unpaired) electrons. The number of nitrogens with zero attached hydrogens (tertiary/aromatic N) is 1. The summed E-state index contributed by atoms with van der Waals surface area (Å²) in [6.07, 6.45) is -1.60. The summed E-state index contributed by atoms with van der Waals surface area (Å²) in [5, 5.41) is 40.9. The largest absolute Gasteiger partial charge is 3.00 e. The minimum Gasteiger partial charge on any atom is -0.550 e. The molecule has 0 saturated heterocycles. The number of carbonyl (C=O) groups is 3. The van der Waals surface area contributed by atoms with Crippen LogP contribution in [0.25, 0.3) is 0 Å². The minimum absolute atomic E-state index is 0. The molecule has 3 N–H and O–H groups in total. The zero-order valence-corrected chi connectivity index (χ0v) is 11.6. The maximum Gasteiger partial charge on any atom is 3.00 e. The molecule has 0 bridgehead atoms. The van der Waals surface area contributed by atoms with E-state index in [-0.39, 0.29) is 23.6 Å². The SMILES string of the molecule is NCC(CC(=O)[O-])(CC(=O)[O-])N(CCO)CC(=O)[O-].[Fe+3]. The predicted molar refractivity (Wildman–Crippen MR) is 54.7 cm³/mol. The fourth-order valence-electron chi connectivity index (χ4n) is 1.86. The molecule has 0 aliphatic carbocycles. The third kappa shape index (κ3) is 6.83. The third-order valence-electron chi connectivity index (χ3n) is 2.69. The molecule has 0 amide bonds. The van der Waals surface area contributed by atoms with Crippen molar-refractivity contribution in [1.82, 2.24) is 4.90 Å². The maximum absolute atomic E-state index is 10.7. The minimum atomic E-state index is -1.71. The van der Waals surface area contributed by atoms with Crippen molar-refractivity contribution in [2.45, 2.75) is 18.4 Å². The number of nitrogens with two attached hydrogens (primary N) is 1. The molecule has 0 rings (SSSR count). The summed E-state index contributed by atoms with van der Waals surface area (Å²) in [5.74, 6) is -4.73. The van der Waals surface area contributed by atoms with E-state index in [1.807, 2.05) is 0 Å². The first-order valence-corrected chi connectivity index (χ1v) is 5.43. The Morgan fingerprint density at radius 3 is 1.75 bits per heavy atom. The molecule has 0 saturated carbocycles. The van der Waals surface area contributed by atoms with E-state index in [1.54, 1.807) is 0 Å². The van der Waals surface area contributed by atoms with Gasteiger partial charge in [-0.05, 0) is 0 Å². The van der Waals surface area contributed by atoms with Gasteiger partial charge in [0.05, 0.1) is 12.6 Å². The summed E-state index contributed by atoms with van der Waals surface area (Å²) < 4.78 is 0. The Morgan fingerprint density at radius 1 is 1.05 bits per heavy atom. The summed E-state index contributed by atoms with van der Waals surface area (Å²) in [6, 6.07) is 0. The first-order valence-electron chi connectivity index (χ1n) is 5.43. The molecular weight excluding hydrogens is 316 g/mol. The van der Waals surface area contributed by atoms with Crippen molar-refractivity contribution in [3.8, 4) is 0 Å². The average molecular weight is 331 g/mol. The quantitative estimate of drug-likeness (QED) is 0.370. The number of aliphatic carboxylic acids is 3. The van der Waals surface area contributed by atoms with Crippen molar-refractivity contribution in [1.29, 1.82) is 0 Å². The zero-order chi connectivity index (χ0) is 15.1. The van der Waals surface area contributed by atoms with Crippen LogP contribution in [0.4, 0.5) is 0 Å². The van der Waals surface area contributed by atoms with Gasteiger partial charge in [-0.3, -0.25) is 4.90 Å². The Kier molecular flexibility index (Phi) is 10.2. The molecule has 0 aliphatic heterocycles. The van der Waals surface area contributed by atoms with Gasteiger partial charge in [0.2, 0.25) is 0 Å². The van der Waals surface area contributed by atoms with Crippen molar-refractivity contribution >= 4 is 17.9 Å². The zero-order valence-electron chi connectivity index (χ0n) is 10.5. The van der Waals surface area contributed by atoms with Gasteiger partial charge in [-0.25, -0.2) is 0 Å². The fraction of sp³-hybridized carbons (Fsp3) is 0.700. The second kappa shape index (κ2) is 9.67. The topological polar surface area (TPSA) is 170 Å². The second-order valence-corrected chi connectivity index (χ2v) is 4.04. The van der Waals surface area contributed by atoms with E-state index in [9.17, 15) is 29.7 Å². The van der Waals surface area contributed by atoms with Crippen LogP contribution in [0, 0.1) is 0 Å². The number of rotatable bonds is 10. The summed E-state index contributed by atoms with van der Waals surface area (Å²) in [5.41, 5.74) is 3.68. The van der Waals surface area contributed by atoms with Crippen LogP contribution in [0.5, 0.6) is 0 Å². The first-order chi connectivity index (χ1) is 8.77. The van der Waals surface area contributed by atoms with Gasteiger partial charge in [-0.1, -0.05) is 0 Å². The van der Waals surface area contributed by atoms with Crippen LogP contribution in [0.1, 0.15) is 12.8 Å². The van der Waals surface area contributed by atoms with E-state index in [1.165, 1.54) is 0 Å². The van der Waals surface area contributed by atoms with Gasteiger partial charge < -0.3 is 40.5 Å². The summed E-state index contributed by atoms with van der Waals surface area (Å²) in [6.45, 7) is -2.00. The molecule has 115 valence electrons. The van der Waals surface area contributed by atoms with Crippen LogP contribution in [0.15, 0.2) is 0 Å². The fourth-order valence-corrected chi connectivity index (χ4v) is 1.86. The molecule has 0 heterocycles. The van der Waals surface area contributed by atoms with Gasteiger partial charge >= 0.3 is 17.1 Å². The number of carboxylic acid groups (broad SMARTS) is 3. The van der Waals surface area contributed by atoms with Crippen LogP contribution in [0.3, 0.4) is 0 Å². The third-order valence-corrected chi connectivity index (χ3v) is 2.69. The molecule has 0 fully saturated rings. The van der Waals surface area contributed by atoms with Crippen LogP contribution in [0.2, 0.25) is 0 Å². The molecule has 0 aromatic rings. The van der Waals surface area contributed by atoms with Gasteiger partial charge in [0.15, 0.2) is 0 Å². The predicted octanol–water partition coefficient (Wildman–Crippen LogP) is -5.99. The monoisotopic (exact) mass is 331 g/mol.